The van der Waals surface area contributed by atoms with Gasteiger partial charge in [0.1, 0.15) is 12.2 Å². The summed E-state index contributed by atoms with van der Waals surface area (Å²) in [5, 5.41) is 14.1. The molecule has 2 aromatic carbocycles. The molecule has 4 N–H and O–H groups in total. The molecular weight excluding hydrogens is 506 g/mol. The highest BCUT2D eigenvalue weighted by molar-refractivity contribution is 7.89. The number of anilines is 1. The molecule has 10 heteroatoms. The van der Waals surface area contributed by atoms with Crippen molar-refractivity contribution in [3.8, 4) is 0 Å². The molecule has 3 unspecified atom stereocenters. The highest BCUT2D eigenvalue weighted by Gasteiger charge is 2.36. The molecule has 3 rings (SSSR count). The number of alkyl carbamates (subject to hydrolysis) is 1. The molecule has 2 aromatic rings. The lowest BCUT2D eigenvalue weighted by Gasteiger charge is -2.31. The van der Waals surface area contributed by atoms with Gasteiger partial charge in [0.25, 0.3) is 0 Å². The van der Waals surface area contributed by atoms with Crippen molar-refractivity contribution in [2.75, 3.05) is 32.0 Å². The molecule has 9 nitrogen and oxygen atoms in total. The molecule has 1 heterocycles. The highest BCUT2D eigenvalue weighted by atomic mass is 32.2. The van der Waals surface area contributed by atoms with Crippen LogP contribution in [0.15, 0.2) is 59.5 Å². The Morgan fingerprint density at radius 3 is 2.42 bits per heavy atom. The first-order valence-electron chi connectivity index (χ1n) is 13.2. The smallest absolute Gasteiger partial charge is 0.407 e. The Kier molecular flexibility index (Phi) is 10.6. The number of hydrogen-bond acceptors (Lipinski definition) is 7. The second kappa shape index (κ2) is 13.4. The molecule has 1 amide bonds. The van der Waals surface area contributed by atoms with Gasteiger partial charge in [-0.05, 0) is 61.4 Å². The SMILES string of the molecule is CCC1(COC(=O)NC(Cc2ccccc2)C(O)CN(CC(C)C)S(=O)(=O)c2ccc(N)cc2)CCCO1. The molecule has 38 heavy (non-hydrogen) atoms. The van der Waals surface area contributed by atoms with Crippen LogP contribution in [0.5, 0.6) is 0 Å². The van der Waals surface area contributed by atoms with Crippen LogP contribution in [0.25, 0.3) is 0 Å². The zero-order valence-electron chi connectivity index (χ0n) is 22.5. The van der Waals surface area contributed by atoms with E-state index < -0.39 is 33.9 Å². The molecule has 1 saturated heterocycles. The molecule has 1 aliphatic rings. The number of nitrogen functional groups attached to an aromatic ring is 1. The van der Waals surface area contributed by atoms with E-state index in [4.69, 9.17) is 15.2 Å². The van der Waals surface area contributed by atoms with Crippen LogP contribution in [-0.2, 0) is 25.9 Å². The lowest BCUT2D eigenvalue weighted by Crippen LogP contribution is -2.51. The van der Waals surface area contributed by atoms with Gasteiger partial charge in [0, 0.05) is 25.4 Å². The fraction of sp³-hybridized carbons (Fsp3) is 0.536. The third kappa shape index (κ3) is 8.17. The summed E-state index contributed by atoms with van der Waals surface area (Å²) < 4.78 is 39.6. The number of aliphatic hydroxyl groups excluding tert-OH is 1. The first-order valence-corrected chi connectivity index (χ1v) is 14.6. The normalized spacial score (nSPS) is 19.4. The molecule has 0 saturated carbocycles. The van der Waals surface area contributed by atoms with E-state index in [1.165, 1.54) is 28.6 Å². The van der Waals surface area contributed by atoms with E-state index in [0.29, 0.717) is 18.7 Å². The van der Waals surface area contributed by atoms with Crippen molar-refractivity contribution >= 4 is 21.8 Å². The van der Waals surface area contributed by atoms with Crippen LogP contribution in [0.4, 0.5) is 10.5 Å². The van der Waals surface area contributed by atoms with Crippen LogP contribution in [0.1, 0.15) is 45.6 Å². The number of carbonyl (C=O) groups is 1. The minimum atomic E-state index is -3.92. The largest absolute Gasteiger partial charge is 0.446 e. The lowest BCUT2D eigenvalue weighted by molar-refractivity contribution is -0.0463. The summed E-state index contributed by atoms with van der Waals surface area (Å²) in [6, 6.07) is 14.6. The van der Waals surface area contributed by atoms with Crippen LogP contribution in [0.3, 0.4) is 0 Å². The van der Waals surface area contributed by atoms with Gasteiger partial charge in [-0.15, -0.1) is 0 Å². The zero-order chi connectivity index (χ0) is 27.8. The first kappa shape index (κ1) is 29.9. The van der Waals surface area contributed by atoms with Crippen molar-refractivity contribution in [3.63, 3.8) is 0 Å². The van der Waals surface area contributed by atoms with Crippen LogP contribution in [0, 0.1) is 5.92 Å². The molecule has 0 spiro atoms. The van der Waals surface area contributed by atoms with Gasteiger partial charge >= 0.3 is 6.09 Å². The van der Waals surface area contributed by atoms with Crippen LogP contribution in [0.2, 0.25) is 0 Å². The molecule has 210 valence electrons. The fourth-order valence-electron chi connectivity index (χ4n) is 4.59. The average molecular weight is 548 g/mol. The van der Waals surface area contributed by atoms with Gasteiger partial charge in [-0.2, -0.15) is 4.31 Å². The first-order chi connectivity index (χ1) is 18.0. The Morgan fingerprint density at radius 2 is 1.84 bits per heavy atom. The maximum absolute atomic E-state index is 13.5. The summed E-state index contributed by atoms with van der Waals surface area (Å²) in [4.78, 5) is 12.9. The number of rotatable bonds is 13. The fourth-order valence-corrected chi connectivity index (χ4v) is 6.22. The summed E-state index contributed by atoms with van der Waals surface area (Å²) in [7, 11) is -3.92. The minimum Gasteiger partial charge on any atom is -0.446 e. The summed E-state index contributed by atoms with van der Waals surface area (Å²) in [6.45, 7) is 6.57. The van der Waals surface area contributed by atoms with Crippen molar-refractivity contribution in [2.45, 2.75) is 69.1 Å². The number of nitrogens with zero attached hydrogens (tertiary/aromatic N) is 1. The average Bonchev–Trinajstić information content (AvgIpc) is 3.37. The summed E-state index contributed by atoms with van der Waals surface area (Å²) >= 11 is 0. The predicted octanol–water partition coefficient (Wildman–Crippen LogP) is 3.57. The van der Waals surface area contributed by atoms with Gasteiger partial charge in [-0.25, -0.2) is 13.2 Å². The third-order valence-electron chi connectivity index (χ3n) is 6.84. The number of ether oxygens (including phenoxy) is 2. The second-order valence-electron chi connectivity index (χ2n) is 10.4. The summed E-state index contributed by atoms with van der Waals surface area (Å²) in [5.74, 6) is 0.00731. The van der Waals surface area contributed by atoms with Crippen LogP contribution < -0.4 is 11.1 Å². The van der Waals surface area contributed by atoms with E-state index in [1.807, 2.05) is 51.1 Å². The van der Waals surface area contributed by atoms with Crippen LogP contribution >= 0.6 is 0 Å². The number of benzene rings is 2. The topological polar surface area (TPSA) is 131 Å². The molecule has 3 atom stereocenters. The summed E-state index contributed by atoms with van der Waals surface area (Å²) in [5.41, 5.74) is 6.60. The van der Waals surface area contributed by atoms with Gasteiger partial charge in [0.2, 0.25) is 10.0 Å². The zero-order valence-corrected chi connectivity index (χ0v) is 23.3. The van der Waals surface area contributed by atoms with Gasteiger partial charge in [0.15, 0.2) is 0 Å². The Balaban J connectivity index is 1.78. The van der Waals surface area contributed by atoms with Gasteiger partial charge in [-0.3, -0.25) is 0 Å². The highest BCUT2D eigenvalue weighted by Crippen LogP contribution is 2.29. The molecule has 0 aromatic heterocycles. The van der Waals surface area contributed by atoms with E-state index in [0.717, 1.165) is 24.8 Å². The van der Waals surface area contributed by atoms with Crippen molar-refractivity contribution in [1.29, 1.82) is 0 Å². The Morgan fingerprint density at radius 1 is 1.16 bits per heavy atom. The number of nitrogens with two attached hydrogens (primary N) is 1. The molecule has 1 aliphatic heterocycles. The number of sulfonamides is 1. The molecule has 0 aliphatic carbocycles. The molecular formula is C28H41N3O6S. The Bertz CT molecular complexity index is 1120. The quantitative estimate of drug-likeness (QED) is 0.327. The lowest BCUT2D eigenvalue weighted by atomic mass is 9.98. The number of carbonyl (C=O) groups excluding carboxylic acids is 1. The monoisotopic (exact) mass is 547 g/mol. The van der Waals surface area contributed by atoms with Crippen molar-refractivity contribution in [1.82, 2.24) is 9.62 Å². The standard InChI is InChI=1S/C28H41N3O6S/c1-4-28(15-8-16-37-28)20-36-27(33)30-25(17-22-9-6-5-7-10-22)26(32)19-31(18-21(2)3)38(34,35)24-13-11-23(29)12-14-24/h5-7,9-14,21,25-26,32H,4,8,15-20,29H2,1-3H3,(H,30,33). The number of aliphatic hydroxyl groups is 1. The van der Waals surface area contributed by atoms with Gasteiger partial charge < -0.3 is 25.6 Å². The van der Waals surface area contributed by atoms with Crippen LogP contribution in [-0.4, -0.2) is 68.0 Å². The maximum Gasteiger partial charge on any atom is 0.407 e. The molecule has 0 radical (unpaired) electrons. The Labute approximate surface area is 226 Å². The van der Waals surface area contributed by atoms with E-state index >= 15 is 0 Å². The second-order valence-corrected chi connectivity index (χ2v) is 12.3. The number of hydrogen-bond donors (Lipinski definition) is 3. The van der Waals surface area contributed by atoms with Crippen molar-refractivity contribution in [2.24, 2.45) is 5.92 Å². The van der Waals surface area contributed by atoms with Crippen molar-refractivity contribution in [3.05, 3.63) is 60.2 Å². The van der Waals surface area contributed by atoms with E-state index in [9.17, 15) is 18.3 Å². The Hall–Kier alpha value is -2.66. The third-order valence-corrected chi connectivity index (χ3v) is 8.68. The number of nitrogens with one attached hydrogen (secondary N) is 1. The maximum atomic E-state index is 13.5. The molecule has 1 fully saturated rings. The minimum absolute atomic E-state index is 0.00731. The van der Waals surface area contributed by atoms with Gasteiger partial charge in [-0.1, -0.05) is 51.1 Å². The molecule has 0 bridgehead atoms. The number of amides is 1. The van der Waals surface area contributed by atoms with E-state index in [1.54, 1.807) is 0 Å². The van der Waals surface area contributed by atoms with E-state index in [-0.39, 0.29) is 30.5 Å². The summed E-state index contributed by atoms with van der Waals surface area (Å²) in [6.07, 6.45) is 0.883. The van der Waals surface area contributed by atoms with Crippen molar-refractivity contribution < 1.29 is 27.8 Å². The van der Waals surface area contributed by atoms with Gasteiger partial charge in [0.05, 0.1) is 17.0 Å². The predicted molar refractivity (Wildman–Crippen MR) is 147 cm³/mol. The van der Waals surface area contributed by atoms with E-state index in [2.05, 4.69) is 5.32 Å².